The minimum Gasteiger partial charge on any atom is -0.456 e. The van der Waals surface area contributed by atoms with Crippen LogP contribution < -0.4 is 0 Å². The zero-order valence-corrected chi connectivity index (χ0v) is 78.8. The van der Waals surface area contributed by atoms with Gasteiger partial charge in [-0.05, 0) is 253 Å². The number of benzene rings is 21. The zero-order valence-electron chi connectivity index (χ0n) is 78.8. The standard InChI is InChI=1S/7C19H14O/c1-13-5-4-6-14(11-13)15-9-10-19-17(12-15)16-7-2-3-8-18(16)20-19;1-13-5-4-6-14(11-13)15-9-10-17-16-7-2-3-8-18(16)20-19(17)12-15;1-13-6-2-3-7-15(13)14-10-11-19-17(12-14)16-8-4-5-9-18(16)20-19;1-13-6-2-3-7-15(13)14-10-11-17-16-8-4-5-9-18(16)20-19(17)12-14;1-13-9-11-14(12-10-13)15-6-4-7-17-16-5-2-3-8-18(16)20-19(15)17;1-13-6-8-14(9-7-13)15-10-11-17-16-4-2-3-5-18(16)20-19(17)12-15;1-13-7-9-16-17-10-8-15(14-5-3-2-4-6-14)12-19(17)20-18(16)11-13/h7*2-12H,1H3. The molecule has 28 aromatic rings. The summed E-state index contributed by atoms with van der Waals surface area (Å²) in [4.78, 5) is 0. The molecule has 7 heteroatoms. The topological polar surface area (TPSA) is 92.0 Å². The van der Waals surface area contributed by atoms with Crippen molar-refractivity contribution in [1.29, 1.82) is 0 Å². The molecular weight excluding hydrogens is 1710 g/mol. The Morgan fingerprint density at radius 2 is 0.357 bits per heavy atom. The minimum atomic E-state index is 0.946. The third kappa shape index (κ3) is 18.1. The Kier molecular flexibility index (Phi) is 24.1. The first-order chi connectivity index (χ1) is 68.7. The smallest absolute Gasteiger partial charge is 0.143 e. The second-order valence-corrected chi connectivity index (χ2v) is 36.1. The molecule has 0 fully saturated rings. The first-order valence-electron chi connectivity index (χ1n) is 47.6. The van der Waals surface area contributed by atoms with Crippen LogP contribution in [0.1, 0.15) is 38.9 Å². The minimum absolute atomic E-state index is 0.946. The number of furan rings is 7. The largest absolute Gasteiger partial charge is 0.456 e. The summed E-state index contributed by atoms with van der Waals surface area (Å²) in [6, 6.07) is 162. The summed E-state index contributed by atoms with van der Waals surface area (Å²) >= 11 is 0. The van der Waals surface area contributed by atoms with Crippen molar-refractivity contribution in [3.8, 4) is 77.9 Å². The van der Waals surface area contributed by atoms with Crippen LogP contribution in [-0.2, 0) is 0 Å². The number of hydrogen-bond donors (Lipinski definition) is 0. The van der Waals surface area contributed by atoms with E-state index < -0.39 is 0 Å². The van der Waals surface area contributed by atoms with Crippen LogP contribution in [0, 0.1) is 48.5 Å². The van der Waals surface area contributed by atoms with Crippen molar-refractivity contribution in [2.75, 3.05) is 0 Å². The highest BCUT2D eigenvalue weighted by Crippen LogP contribution is 2.42. The second kappa shape index (κ2) is 38.5. The number of fused-ring (bicyclic) bond motifs is 21. The van der Waals surface area contributed by atoms with E-state index in [2.05, 4.69) is 419 Å². The van der Waals surface area contributed by atoms with E-state index >= 15 is 0 Å². The van der Waals surface area contributed by atoms with E-state index in [-0.39, 0.29) is 0 Å². The first kappa shape index (κ1) is 87.6. The predicted octanol–water partition coefficient (Wildman–Crippen LogP) is 38.9. The molecule has 0 saturated heterocycles. The maximum atomic E-state index is 6.07. The first-order valence-corrected chi connectivity index (χ1v) is 47.6. The molecule has 0 saturated carbocycles. The molecule has 0 aliphatic heterocycles. The van der Waals surface area contributed by atoms with E-state index in [1.807, 2.05) is 97.1 Å². The normalized spacial score (nSPS) is 11.2. The molecule has 0 radical (unpaired) electrons. The molecule has 0 N–H and O–H groups in total. The van der Waals surface area contributed by atoms with Crippen molar-refractivity contribution in [2.24, 2.45) is 0 Å². The van der Waals surface area contributed by atoms with Gasteiger partial charge >= 0.3 is 0 Å². The van der Waals surface area contributed by atoms with Gasteiger partial charge in [0.15, 0.2) is 0 Å². The Labute approximate surface area is 811 Å². The molecule has 0 atom stereocenters. The third-order valence-electron chi connectivity index (χ3n) is 26.4. The van der Waals surface area contributed by atoms with Crippen molar-refractivity contribution in [2.45, 2.75) is 48.5 Å². The van der Waals surface area contributed by atoms with Gasteiger partial charge in [0.25, 0.3) is 0 Å². The van der Waals surface area contributed by atoms with Gasteiger partial charge in [-0.15, -0.1) is 0 Å². The number of rotatable bonds is 7. The lowest BCUT2D eigenvalue weighted by atomic mass is 9.99. The van der Waals surface area contributed by atoms with Crippen LogP contribution in [0.2, 0.25) is 0 Å². The third-order valence-corrected chi connectivity index (χ3v) is 26.4. The van der Waals surface area contributed by atoms with E-state index in [1.165, 1.54) is 187 Å². The molecule has 7 heterocycles. The van der Waals surface area contributed by atoms with Crippen LogP contribution in [0.5, 0.6) is 0 Å². The second-order valence-electron chi connectivity index (χ2n) is 36.1. The summed E-state index contributed by atoms with van der Waals surface area (Å²) in [7, 11) is 0. The Bertz CT molecular complexity index is 9400. The molecule has 28 rings (SSSR count). The molecule has 7 aromatic heterocycles. The van der Waals surface area contributed by atoms with Gasteiger partial charge in [0.1, 0.15) is 78.2 Å². The van der Waals surface area contributed by atoms with Gasteiger partial charge < -0.3 is 30.9 Å². The highest BCUT2D eigenvalue weighted by molar-refractivity contribution is 6.13. The van der Waals surface area contributed by atoms with E-state index in [0.717, 1.165) is 83.7 Å². The molecule has 140 heavy (non-hydrogen) atoms. The Balaban J connectivity index is 0.0000000939. The maximum Gasteiger partial charge on any atom is 0.143 e. The molecule has 0 aliphatic carbocycles. The number of aryl methyl sites for hydroxylation is 7. The summed E-state index contributed by atoms with van der Waals surface area (Å²) in [6.07, 6.45) is 0. The van der Waals surface area contributed by atoms with Gasteiger partial charge in [0, 0.05) is 81.0 Å². The SMILES string of the molecule is Cc1ccc(-c2ccc3c(c2)oc2ccccc23)cc1.Cc1ccc(-c2cccc3c2oc2ccccc23)cc1.Cc1ccc2c(c1)oc1cc(-c3ccccc3)ccc12.Cc1cccc(-c2ccc3c(c2)oc2ccccc23)c1.Cc1cccc(-c2ccc3oc4ccccc4c3c2)c1.Cc1ccccc1-c1ccc2c(c1)oc1ccccc12.Cc1ccccc1-c1ccc2oc3ccccc3c2c1. The quantitative estimate of drug-likeness (QED) is 0.157. The van der Waals surface area contributed by atoms with Crippen LogP contribution in [0.15, 0.2) is 498 Å². The fraction of sp³-hybridized carbons (Fsp3) is 0.0526. The van der Waals surface area contributed by atoms with Gasteiger partial charge in [0.2, 0.25) is 0 Å². The molecule has 0 spiro atoms. The van der Waals surface area contributed by atoms with Crippen molar-refractivity contribution < 1.29 is 30.9 Å². The van der Waals surface area contributed by atoms with Crippen molar-refractivity contribution in [3.63, 3.8) is 0 Å². The van der Waals surface area contributed by atoms with Crippen LogP contribution in [0.4, 0.5) is 0 Å². The van der Waals surface area contributed by atoms with Crippen LogP contribution in [0.3, 0.4) is 0 Å². The fourth-order valence-electron chi connectivity index (χ4n) is 19.1. The average molecular weight is 1810 g/mol. The summed E-state index contributed by atoms with van der Waals surface area (Å²) in [5.41, 5.74) is 39.2. The molecule has 0 aliphatic rings. The van der Waals surface area contributed by atoms with Gasteiger partial charge in [-0.25, -0.2) is 0 Å². The Hall–Kier alpha value is -17.8. The molecule has 21 aromatic carbocycles. The lowest BCUT2D eigenvalue weighted by molar-refractivity contribution is 0.668. The lowest BCUT2D eigenvalue weighted by Gasteiger charge is -2.05. The molecule has 0 amide bonds. The maximum absolute atomic E-state index is 6.07. The molecular formula is C133H98O7. The van der Waals surface area contributed by atoms with Crippen LogP contribution >= 0.6 is 0 Å². The Morgan fingerprint density at radius 3 is 0.807 bits per heavy atom. The zero-order chi connectivity index (χ0) is 94.7. The molecule has 672 valence electrons. The molecule has 0 bridgehead atoms. The monoisotopic (exact) mass is 1810 g/mol. The van der Waals surface area contributed by atoms with Gasteiger partial charge in [0.05, 0.1) is 0 Å². The van der Waals surface area contributed by atoms with Gasteiger partial charge in [-0.2, -0.15) is 0 Å². The summed E-state index contributed by atoms with van der Waals surface area (Å²) in [5.74, 6) is 0. The number of para-hydroxylation sites is 7. The Morgan fingerprint density at radius 1 is 0.114 bits per heavy atom. The van der Waals surface area contributed by atoms with Crippen molar-refractivity contribution >= 4 is 154 Å². The van der Waals surface area contributed by atoms with E-state index in [0.29, 0.717) is 0 Å². The molecule has 0 unspecified atom stereocenters. The van der Waals surface area contributed by atoms with Gasteiger partial charge in [-0.1, -0.05) is 374 Å². The number of hydrogen-bond acceptors (Lipinski definition) is 7. The highest BCUT2D eigenvalue weighted by Gasteiger charge is 2.18. The lowest BCUT2D eigenvalue weighted by Crippen LogP contribution is -1.81. The van der Waals surface area contributed by atoms with E-state index in [4.69, 9.17) is 30.9 Å². The van der Waals surface area contributed by atoms with Crippen LogP contribution in [-0.4, -0.2) is 0 Å². The van der Waals surface area contributed by atoms with E-state index in [1.54, 1.807) is 0 Å². The van der Waals surface area contributed by atoms with E-state index in [9.17, 15) is 0 Å². The fourth-order valence-corrected chi connectivity index (χ4v) is 19.1. The summed E-state index contributed by atoms with van der Waals surface area (Å²) in [5, 5.41) is 16.5. The molecule has 7 nitrogen and oxygen atoms in total. The average Bonchev–Trinajstić information content (AvgIpc) is 1.59. The van der Waals surface area contributed by atoms with Crippen LogP contribution in [0.25, 0.3) is 231 Å². The highest BCUT2D eigenvalue weighted by atomic mass is 16.4. The summed E-state index contributed by atoms with van der Waals surface area (Å²) < 4.78 is 41.6. The predicted molar refractivity (Wildman–Crippen MR) is 587 cm³/mol. The van der Waals surface area contributed by atoms with Crippen molar-refractivity contribution in [1.82, 2.24) is 0 Å². The van der Waals surface area contributed by atoms with Gasteiger partial charge in [-0.3, -0.25) is 0 Å². The van der Waals surface area contributed by atoms with Crippen molar-refractivity contribution in [3.05, 3.63) is 506 Å². The summed E-state index contributed by atoms with van der Waals surface area (Å²) in [6.45, 7) is 14.8.